The zero-order valence-corrected chi connectivity index (χ0v) is 9.13. The Bertz CT molecular complexity index is 337. The van der Waals surface area contributed by atoms with Crippen LogP contribution in [0.1, 0.15) is 12.7 Å². The van der Waals surface area contributed by atoms with Crippen LogP contribution < -0.4 is 11.3 Å². The molecule has 0 spiro atoms. The number of aromatic nitrogens is 3. The lowest BCUT2D eigenvalue weighted by Crippen LogP contribution is -2.36. The van der Waals surface area contributed by atoms with Crippen molar-refractivity contribution in [1.29, 1.82) is 0 Å². The van der Waals surface area contributed by atoms with Crippen LogP contribution in [0.15, 0.2) is 5.16 Å². The maximum absolute atomic E-state index is 11.1. The van der Waals surface area contributed by atoms with Gasteiger partial charge in [-0.1, -0.05) is 11.8 Å². The van der Waals surface area contributed by atoms with E-state index in [1.807, 2.05) is 18.5 Å². The van der Waals surface area contributed by atoms with E-state index in [1.54, 1.807) is 6.92 Å². The van der Waals surface area contributed by atoms with Gasteiger partial charge in [0.15, 0.2) is 5.16 Å². The molecule has 1 rings (SSSR count). The SMILES string of the molecule is Cc1nnc(SC(C)C(=O)NN)n1C. The lowest BCUT2D eigenvalue weighted by Gasteiger charge is -2.07. The lowest BCUT2D eigenvalue weighted by atomic mass is 10.5. The fourth-order valence-electron chi connectivity index (χ4n) is 0.819. The average molecular weight is 215 g/mol. The predicted octanol–water partition coefficient (Wildman–Crippen LogP) is -0.406. The standard InChI is InChI=1S/C7H13N5OS/c1-4(6(13)9-8)14-7-11-10-5(2)12(7)3/h4H,8H2,1-3H3,(H,9,13). The van der Waals surface area contributed by atoms with Crippen molar-refractivity contribution < 1.29 is 4.79 Å². The van der Waals surface area contributed by atoms with Crippen LogP contribution in [-0.4, -0.2) is 25.9 Å². The summed E-state index contributed by atoms with van der Waals surface area (Å²) in [5, 5.41) is 8.24. The summed E-state index contributed by atoms with van der Waals surface area (Å²) in [5.41, 5.74) is 2.09. The first-order valence-electron chi connectivity index (χ1n) is 4.09. The highest BCUT2D eigenvalue weighted by molar-refractivity contribution is 8.00. The van der Waals surface area contributed by atoms with E-state index in [9.17, 15) is 4.79 Å². The van der Waals surface area contributed by atoms with E-state index in [2.05, 4.69) is 15.6 Å². The number of hydrogen-bond donors (Lipinski definition) is 2. The second-order valence-corrected chi connectivity index (χ2v) is 4.17. The third-order valence-corrected chi connectivity index (χ3v) is 2.98. The summed E-state index contributed by atoms with van der Waals surface area (Å²) in [6.45, 7) is 3.61. The highest BCUT2D eigenvalue weighted by Crippen LogP contribution is 2.20. The molecule has 3 N–H and O–H groups in total. The third-order valence-electron chi connectivity index (χ3n) is 1.85. The number of hydrogen-bond acceptors (Lipinski definition) is 5. The molecule has 1 aromatic rings. The highest BCUT2D eigenvalue weighted by atomic mass is 32.2. The van der Waals surface area contributed by atoms with Gasteiger partial charge in [-0.2, -0.15) is 0 Å². The average Bonchev–Trinajstić information content (AvgIpc) is 2.48. The first kappa shape index (κ1) is 11.0. The fraction of sp³-hybridized carbons (Fsp3) is 0.571. The van der Waals surface area contributed by atoms with Gasteiger partial charge < -0.3 is 4.57 Å². The van der Waals surface area contributed by atoms with Crippen LogP contribution in [0, 0.1) is 6.92 Å². The van der Waals surface area contributed by atoms with E-state index < -0.39 is 0 Å². The highest BCUT2D eigenvalue weighted by Gasteiger charge is 2.16. The molecule has 6 nitrogen and oxygen atoms in total. The van der Waals surface area contributed by atoms with Crippen molar-refractivity contribution in [3.8, 4) is 0 Å². The molecule has 0 bridgehead atoms. The molecule has 1 heterocycles. The number of nitrogens with zero attached hydrogens (tertiary/aromatic N) is 3. The molecular formula is C7H13N5OS. The topological polar surface area (TPSA) is 85.8 Å². The summed E-state index contributed by atoms with van der Waals surface area (Å²) in [7, 11) is 1.85. The van der Waals surface area contributed by atoms with E-state index in [-0.39, 0.29) is 11.2 Å². The molecule has 78 valence electrons. The van der Waals surface area contributed by atoms with Crippen molar-refractivity contribution in [2.45, 2.75) is 24.3 Å². The fourth-order valence-corrected chi connectivity index (χ4v) is 1.69. The second-order valence-electron chi connectivity index (χ2n) is 2.86. The summed E-state index contributed by atoms with van der Waals surface area (Å²) < 4.78 is 1.82. The van der Waals surface area contributed by atoms with Crippen LogP contribution in [0.2, 0.25) is 0 Å². The Morgan fingerprint density at radius 2 is 2.29 bits per heavy atom. The van der Waals surface area contributed by atoms with Crippen LogP contribution in [0.5, 0.6) is 0 Å². The number of nitrogens with one attached hydrogen (secondary N) is 1. The van der Waals surface area contributed by atoms with E-state index in [0.717, 1.165) is 5.82 Å². The van der Waals surface area contributed by atoms with Crippen molar-refractivity contribution in [3.63, 3.8) is 0 Å². The zero-order valence-electron chi connectivity index (χ0n) is 8.31. The van der Waals surface area contributed by atoms with Crippen molar-refractivity contribution in [2.75, 3.05) is 0 Å². The predicted molar refractivity (Wildman–Crippen MR) is 53.4 cm³/mol. The first-order chi connectivity index (χ1) is 6.56. The molecule has 14 heavy (non-hydrogen) atoms. The number of amides is 1. The molecule has 0 saturated carbocycles. The van der Waals surface area contributed by atoms with Crippen LogP contribution >= 0.6 is 11.8 Å². The molecule has 0 saturated heterocycles. The smallest absolute Gasteiger partial charge is 0.247 e. The van der Waals surface area contributed by atoms with Crippen LogP contribution in [-0.2, 0) is 11.8 Å². The quantitative estimate of drug-likeness (QED) is 0.310. The number of nitrogens with two attached hydrogens (primary N) is 1. The maximum Gasteiger partial charge on any atom is 0.247 e. The second kappa shape index (κ2) is 4.43. The van der Waals surface area contributed by atoms with E-state index in [4.69, 9.17) is 5.84 Å². The molecule has 7 heteroatoms. The third kappa shape index (κ3) is 2.24. The molecule has 0 aliphatic rings. The normalized spacial score (nSPS) is 12.6. The number of carbonyl (C=O) groups excluding carboxylic acids is 1. The monoisotopic (exact) mass is 215 g/mol. The molecular weight excluding hydrogens is 202 g/mol. The van der Waals surface area contributed by atoms with Gasteiger partial charge in [0.1, 0.15) is 5.82 Å². The Morgan fingerprint density at radius 3 is 2.71 bits per heavy atom. The van der Waals surface area contributed by atoms with Gasteiger partial charge in [-0.3, -0.25) is 10.2 Å². The van der Waals surface area contributed by atoms with E-state index >= 15 is 0 Å². The summed E-state index contributed by atoms with van der Waals surface area (Å²) in [6.07, 6.45) is 0. The Labute approximate surface area is 86.2 Å². The van der Waals surface area contributed by atoms with Crippen molar-refractivity contribution in [2.24, 2.45) is 12.9 Å². The zero-order chi connectivity index (χ0) is 10.7. The minimum absolute atomic E-state index is 0.226. The molecule has 1 amide bonds. The minimum Gasteiger partial charge on any atom is -0.309 e. The summed E-state index contributed by atoms with van der Waals surface area (Å²) in [4.78, 5) is 11.1. The molecule has 0 aromatic carbocycles. The number of hydrazine groups is 1. The minimum atomic E-state index is -0.276. The van der Waals surface area contributed by atoms with Crippen LogP contribution in [0.3, 0.4) is 0 Å². The maximum atomic E-state index is 11.1. The summed E-state index contributed by atoms with van der Waals surface area (Å²) >= 11 is 1.32. The van der Waals surface area contributed by atoms with Gasteiger partial charge in [0, 0.05) is 7.05 Å². The van der Waals surface area contributed by atoms with Gasteiger partial charge in [-0.25, -0.2) is 5.84 Å². The molecule has 1 atom stereocenters. The molecule has 1 unspecified atom stereocenters. The molecule has 0 aliphatic heterocycles. The van der Waals surface area contributed by atoms with Gasteiger partial charge in [-0.15, -0.1) is 10.2 Å². The Kier molecular flexibility index (Phi) is 3.48. The molecule has 0 aliphatic carbocycles. The van der Waals surface area contributed by atoms with E-state index in [0.29, 0.717) is 5.16 Å². The van der Waals surface area contributed by atoms with Crippen LogP contribution in [0.25, 0.3) is 0 Å². The Balaban J connectivity index is 2.69. The van der Waals surface area contributed by atoms with Gasteiger partial charge >= 0.3 is 0 Å². The number of carbonyl (C=O) groups is 1. The van der Waals surface area contributed by atoms with Gasteiger partial charge in [0.2, 0.25) is 5.91 Å². The number of aryl methyl sites for hydroxylation is 1. The molecule has 0 fully saturated rings. The van der Waals surface area contributed by atoms with Gasteiger partial charge in [-0.05, 0) is 13.8 Å². The van der Waals surface area contributed by atoms with Gasteiger partial charge in [0.25, 0.3) is 0 Å². The molecule has 1 aromatic heterocycles. The van der Waals surface area contributed by atoms with Crippen LogP contribution in [0.4, 0.5) is 0 Å². The molecule has 0 radical (unpaired) electrons. The summed E-state index contributed by atoms with van der Waals surface area (Å²) in [6, 6.07) is 0. The summed E-state index contributed by atoms with van der Waals surface area (Å²) in [5.74, 6) is 5.60. The Morgan fingerprint density at radius 1 is 1.64 bits per heavy atom. The van der Waals surface area contributed by atoms with E-state index in [1.165, 1.54) is 11.8 Å². The first-order valence-corrected chi connectivity index (χ1v) is 4.97. The van der Waals surface area contributed by atoms with Crippen molar-refractivity contribution in [1.82, 2.24) is 20.2 Å². The number of rotatable bonds is 3. The number of thioether (sulfide) groups is 1. The largest absolute Gasteiger partial charge is 0.309 e. The van der Waals surface area contributed by atoms with Gasteiger partial charge in [0.05, 0.1) is 5.25 Å². The Hall–Kier alpha value is -1.08. The van der Waals surface area contributed by atoms with Crippen molar-refractivity contribution in [3.05, 3.63) is 5.82 Å². The van der Waals surface area contributed by atoms with Crippen molar-refractivity contribution >= 4 is 17.7 Å². The lowest BCUT2D eigenvalue weighted by molar-refractivity contribution is -0.120.